The Balaban J connectivity index is 1.27. The van der Waals surface area contributed by atoms with Gasteiger partial charge >= 0.3 is 11.9 Å². The molecule has 4 aromatic rings. The summed E-state index contributed by atoms with van der Waals surface area (Å²) in [4.78, 5) is 38.2. The Morgan fingerprint density at radius 1 is 1.02 bits per heavy atom. The molecule has 0 spiro atoms. The van der Waals surface area contributed by atoms with Crippen molar-refractivity contribution < 1.29 is 23.8 Å². The van der Waals surface area contributed by atoms with Gasteiger partial charge in [-0.1, -0.05) is 43.2 Å². The van der Waals surface area contributed by atoms with Crippen molar-refractivity contribution in [3.8, 4) is 5.75 Å². The molecule has 0 amide bonds. The van der Waals surface area contributed by atoms with Crippen molar-refractivity contribution in [3.05, 3.63) is 76.1 Å². The van der Waals surface area contributed by atoms with Crippen LogP contribution in [0.1, 0.15) is 73.5 Å². The molecule has 9 heteroatoms. The number of fused-ring (bicyclic) bond motifs is 9. The Labute approximate surface area is 299 Å². The number of piperidine rings is 3. The second-order valence-corrected chi connectivity index (χ2v) is 15.8. The number of carbonyl (C=O) groups is 2. The van der Waals surface area contributed by atoms with Crippen LogP contribution in [0.25, 0.3) is 21.8 Å². The van der Waals surface area contributed by atoms with Crippen LogP contribution in [0.2, 0.25) is 0 Å². The third-order valence-electron chi connectivity index (χ3n) is 13.7. The highest BCUT2D eigenvalue weighted by Crippen LogP contribution is 2.56. The number of para-hydroxylation sites is 1. The number of aromatic nitrogens is 2. The van der Waals surface area contributed by atoms with Crippen LogP contribution < -0.4 is 10.1 Å². The number of H-pyrrole nitrogens is 2. The monoisotopic (exact) mass is 690 g/mol. The van der Waals surface area contributed by atoms with Crippen LogP contribution in [0, 0.1) is 23.7 Å². The first kappa shape index (κ1) is 32.8. The minimum Gasteiger partial charge on any atom is -0.496 e. The number of carbonyl (C=O) groups excluding carboxylic acids is 2. The van der Waals surface area contributed by atoms with Gasteiger partial charge in [-0.05, 0) is 80.0 Å². The van der Waals surface area contributed by atoms with E-state index in [2.05, 4.69) is 76.5 Å². The van der Waals surface area contributed by atoms with Gasteiger partial charge in [-0.15, -0.1) is 0 Å². The van der Waals surface area contributed by atoms with Gasteiger partial charge in [0.2, 0.25) is 0 Å². The molecule has 3 saturated heterocycles. The van der Waals surface area contributed by atoms with E-state index in [4.69, 9.17) is 14.2 Å². The van der Waals surface area contributed by atoms with Crippen LogP contribution in [0.5, 0.6) is 5.75 Å². The lowest BCUT2D eigenvalue weighted by atomic mass is 9.56. The molecular weight excluding hydrogens is 640 g/mol. The average molecular weight is 691 g/mol. The van der Waals surface area contributed by atoms with Crippen molar-refractivity contribution in [1.82, 2.24) is 20.2 Å². The number of nitrogens with one attached hydrogen (secondary N) is 3. The SMILES string of the molecule is C/C=C1/CNC2Cc3c([nH]c4ccccc34)C(c3cc4c5c([nH]c4cc3OC)C3(C(=O)OC)CC4CC(CC)C3N(CC5)C4)CC1C2C(=O)OC. The Bertz CT molecular complexity index is 2080. The standard InChI is InChI=1S/C42H50N4O5/c1-6-23-14-22-19-42(41(48)51-5)38-26(12-13-46(21-22)39(23)42)28-16-29(35(49-3)18-33(28)45-38)30-15-27-24(7-2)20-43-34(36(27)40(47)50-4)17-31-25-10-8-9-11-32(25)44-37(30)31/h7-11,16,18,22-23,27,30,34,36,39,43-45H,6,12-15,17,19-21H2,1-5H3/b24-7-. The fourth-order valence-electron chi connectivity index (χ4n) is 11.7. The second kappa shape index (κ2) is 12.3. The zero-order valence-electron chi connectivity index (χ0n) is 30.4. The van der Waals surface area contributed by atoms with E-state index in [1.165, 1.54) is 41.3 Å². The predicted molar refractivity (Wildman–Crippen MR) is 197 cm³/mol. The molecule has 3 N–H and O–H groups in total. The van der Waals surface area contributed by atoms with Crippen molar-refractivity contribution in [2.45, 2.75) is 75.8 Å². The molecular formula is C42H50N4O5. The summed E-state index contributed by atoms with van der Waals surface area (Å²) in [6, 6.07) is 13.1. The summed E-state index contributed by atoms with van der Waals surface area (Å²) in [5.74, 6) is 1.06. The van der Waals surface area contributed by atoms with Gasteiger partial charge in [0.1, 0.15) is 11.2 Å². The number of rotatable bonds is 5. The summed E-state index contributed by atoms with van der Waals surface area (Å²) >= 11 is 0. The smallest absolute Gasteiger partial charge is 0.319 e. The fourth-order valence-corrected chi connectivity index (χ4v) is 11.7. The quantitative estimate of drug-likeness (QED) is 0.170. The molecule has 4 aliphatic heterocycles. The summed E-state index contributed by atoms with van der Waals surface area (Å²) in [6.07, 6.45) is 7.54. The first-order chi connectivity index (χ1) is 24.8. The van der Waals surface area contributed by atoms with Gasteiger partial charge in [0.15, 0.2) is 0 Å². The van der Waals surface area contributed by atoms with E-state index < -0.39 is 5.41 Å². The van der Waals surface area contributed by atoms with Crippen LogP contribution in [0.3, 0.4) is 0 Å². The molecule has 6 bridgehead atoms. The van der Waals surface area contributed by atoms with Crippen molar-refractivity contribution in [2.75, 3.05) is 41.0 Å². The Kier molecular flexibility index (Phi) is 7.89. The zero-order valence-corrected chi connectivity index (χ0v) is 30.4. The molecule has 0 radical (unpaired) electrons. The van der Waals surface area contributed by atoms with Crippen LogP contribution in [0.15, 0.2) is 48.0 Å². The highest BCUT2D eigenvalue weighted by Gasteiger charge is 2.62. The van der Waals surface area contributed by atoms with E-state index in [1.807, 2.05) is 0 Å². The van der Waals surface area contributed by atoms with Crippen LogP contribution in [-0.2, 0) is 37.3 Å². The lowest BCUT2D eigenvalue weighted by Gasteiger charge is -2.57. The average Bonchev–Trinajstić information content (AvgIpc) is 3.68. The van der Waals surface area contributed by atoms with Crippen LogP contribution >= 0.6 is 0 Å². The summed E-state index contributed by atoms with van der Waals surface area (Å²) < 4.78 is 17.5. The number of nitrogens with zero attached hydrogens (tertiary/aromatic N) is 1. The molecule has 6 heterocycles. The number of allylic oxidation sites excluding steroid dienone is 1. The number of benzene rings is 2. The minimum absolute atomic E-state index is 0.00169. The van der Waals surface area contributed by atoms with Gasteiger partial charge in [0, 0.05) is 82.5 Å². The molecule has 9 atom stereocenters. The molecule has 1 saturated carbocycles. The lowest BCUT2D eigenvalue weighted by molar-refractivity contribution is -0.162. The van der Waals surface area contributed by atoms with Gasteiger partial charge in [-0.25, -0.2) is 0 Å². The third-order valence-corrected chi connectivity index (χ3v) is 13.7. The molecule has 4 fully saturated rings. The van der Waals surface area contributed by atoms with E-state index in [1.54, 1.807) is 14.2 Å². The summed E-state index contributed by atoms with van der Waals surface area (Å²) in [6.45, 7) is 7.08. The van der Waals surface area contributed by atoms with Gasteiger partial charge in [0.05, 0.1) is 27.2 Å². The third kappa shape index (κ3) is 4.66. The van der Waals surface area contributed by atoms with E-state index in [9.17, 15) is 9.59 Å². The highest BCUT2D eigenvalue weighted by atomic mass is 16.5. The van der Waals surface area contributed by atoms with Crippen molar-refractivity contribution in [2.24, 2.45) is 23.7 Å². The number of methoxy groups -OCH3 is 3. The lowest BCUT2D eigenvalue weighted by Crippen LogP contribution is -2.67. The number of hydrogen-bond donors (Lipinski definition) is 3. The Hall–Kier alpha value is -4.08. The molecule has 51 heavy (non-hydrogen) atoms. The zero-order chi connectivity index (χ0) is 35.2. The maximum atomic E-state index is 14.2. The van der Waals surface area contributed by atoms with E-state index in [-0.39, 0.29) is 41.8 Å². The summed E-state index contributed by atoms with van der Waals surface area (Å²) in [5.41, 5.74) is 8.42. The van der Waals surface area contributed by atoms with E-state index >= 15 is 0 Å². The van der Waals surface area contributed by atoms with Crippen molar-refractivity contribution in [1.29, 1.82) is 0 Å². The van der Waals surface area contributed by atoms with Crippen molar-refractivity contribution in [3.63, 3.8) is 0 Å². The summed E-state index contributed by atoms with van der Waals surface area (Å²) in [5, 5.41) is 6.06. The van der Waals surface area contributed by atoms with Crippen LogP contribution in [-0.4, -0.2) is 79.9 Å². The highest BCUT2D eigenvalue weighted by molar-refractivity contribution is 5.93. The molecule has 9 nitrogen and oxygen atoms in total. The Morgan fingerprint density at radius 3 is 2.63 bits per heavy atom. The van der Waals surface area contributed by atoms with Gasteiger partial charge in [0.25, 0.3) is 0 Å². The second-order valence-electron chi connectivity index (χ2n) is 15.8. The topological polar surface area (TPSA) is 109 Å². The molecule has 268 valence electrons. The largest absolute Gasteiger partial charge is 0.496 e. The molecule has 2 aliphatic carbocycles. The number of aromatic amines is 2. The maximum Gasteiger partial charge on any atom is 0.319 e. The van der Waals surface area contributed by atoms with E-state index in [0.29, 0.717) is 18.3 Å². The molecule has 6 aliphatic rings. The molecule has 2 aromatic heterocycles. The Morgan fingerprint density at radius 2 is 1.86 bits per heavy atom. The molecule has 2 aromatic carbocycles. The van der Waals surface area contributed by atoms with Crippen molar-refractivity contribution >= 4 is 33.7 Å². The minimum atomic E-state index is -0.724. The van der Waals surface area contributed by atoms with E-state index in [0.717, 1.165) is 78.7 Å². The number of ether oxygens (including phenoxy) is 3. The molecule has 10 rings (SSSR count). The first-order valence-corrected chi connectivity index (χ1v) is 19.0. The normalized spacial score (nSPS) is 33.2. The predicted octanol–water partition coefficient (Wildman–Crippen LogP) is 6.15. The van der Waals surface area contributed by atoms with Crippen LogP contribution in [0.4, 0.5) is 0 Å². The maximum absolute atomic E-state index is 14.2. The van der Waals surface area contributed by atoms with Gasteiger partial charge in [-0.2, -0.15) is 0 Å². The summed E-state index contributed by atoms with van der Waals surface area (Å²) in [7, 11) is 4.82. The van der Waals surface area contributed by atoms with Gasteiger partial charge in [-0.3, -0.25) is 14.5 Å². The first-order valence-electron chi connectivity index (χ1n) is 19.0. The molecule has 9 unspecified atom stereocenters. The number of esters is 2. The number of hydrogen-bond acceptors (Lipinski definition) is 7. The van der Waals surface area contributed by atoms with Gasteiger partial charge < -0.3 is 29.5 Å². The fraction of sp³-hybridized carbons (Fsp3) is 0.524.